The van der Waals surface area contributed by atoms with Crippen molar-refractivity contribution in [2.24, 2.45) is 0 Å². The number of amides is 1. The second kappa shape index (κ2) is 9.63. The molecular weight excluding hydrogens is 422 g/mol. The number of rotatable bonds is 7. The first-order valence-electron chi connectivity index (χ1n) is 11.2. The van der Waals surface area contributed by atoms with Gasteiger partial charge in [-0.1, -0.05) is 60.7 Å². The topological polar surface area (TPSA) is 55.6 Å². The summed E-state index contributed by atoms with van der Waals surface area (Å²) in [5, 5.41) is 3.06. The van der Waals surface area contributed by atoms with E-state index in [4.69, 9.17) is 4.74 Å². The molecule has 0 fully saturated rings. The van der Waals surface area contributed by atoms with E-state index >= 15 is 0 Å². The average Bonchev–Trinajstić information content (AvgIpc) is 3.29. The summed E-state index contributed by atoms with van der Waals surface area (Å²) in [6.45, 7) is 2.36. The lowest BCUT2D eigenvalue weighted by molar-refractivity contribution is 0.102. The standard InChI is InChI=1S/C29H25N3O2/c1-21-9-8-16-32-19-25(30-28(21)32)20-34-26-14-7-13-24(18-26)29(33)31-27-15-6-5-12-23(27)17-22-10-3-2-4-11-22/h2-16,18-19H,17,20H2,1H3,(H,31,33). The lowest BCUT2D eigenvalue weighted by atomic mass is 10.0. The maximum atomic E-state index is 13.0. The van der Waals surface area contributed by atoms with Crippen LogP contribution in [0.25, 0.3) is 5.65 Å². The minimum absolute atomic E-state index is 0.172. The number of nitrogens with one attached hydrogen (secondary N) is 1. The molecule has 5 heteroatoms. The lowest BCUT2D eigenvalue weighted by Crippen LogP contribution is -2.13. The van der Waals surface area contributed by atoms with Crippen molar-refractivity contribution in [3.8, 4) is 5.75 Å². The van der Waals surface area contributed by atoms with Gasteiger partial charge in [0, 0.05) is 23.6 Å². The number of hydrogen-bond donors (Lipinski definition) is 1. The Morgan fingerprint density at radius 2 is 1.76 bits per heavy atom. The molecule has 0 bridgehead atoms. The van der Waals surface area contributed by atoms with Crippen molar-refractivity contribution in [2.75, 3.05) is 5.32 Å². The Labute approximate surface area is 198 Å². The van der Waals surface area contributed by atoms with Crippen molar-refractivity contribution in [1.29, 1.82) is 0 Å². The summed E-state index contributed by atoms with van der Waals surface area (Å²) in [6.07, 6.45) is 4.68. The number of ether oxygens (including phenoxy) is 1. The van der Waals surface area contributed by atoms with Crippen LogP contribution in [-0.2, 0) is 13.0 Å². The van der Waals surface area contributed by atoms with Gasteiger partial charge in [0.2, 0.25) is 0 Å². The van der Waals surface area contributed by atoms with E-state index in [2.05, 4.69) is 22.4 Å². The molecule has 5 aromatic rings. The summed E-state index contributed by atoms with van der Waals surface area (Å²) in [4.78, 5) is 17.7. The van der Waals surface area contributed by atoms with Crippen molar-refractivity contribution in [3.05, 3.63) is 131 Å². The summed E-state index contributed by atoms with van der Waals surface area (Å²) < 4.78 is 7.94. The Bertz CT molecular complexity index is 1440. The van der Waals surface area contributed by atoms with E-state index in [1.54, 1.807) is 12.1 Å². The van der Waals surface area contributed by atoms with Crippen LogP contribution >= 0.6 is 0 Å². The van der Waals surface area contributed by atoms with Crippen LogP contribution in [0.3, 0.4) is 0 Å². The molecule has 2 heterocycles. The lowest BCUT2D eigenvalue weighted by Gasteiger charge is -2.12. The zero-order valence-corrected chi connectivity index (χ0v) is 18.9. The summed E-state index contributed by atoms with van der Waals surface area (Å²) >= 11 is 0. The van der Waals surface area contributed by atoms with Crippen molar-refractivity contribution >= 4 is 17.2 Å². The molecule has 5 rings (SSSR count). The Kier molecular flexibility index (Phi) is 6.08. The third-order valence-corrected chi connectivity index (χ3v) is 5.71. The summed E-state index contributed by atoms with van der Waals surface area (Å²) in [7, 11) is 0. The van der Waals surface area contributed by atoms with Crippen LogP contribution in [0.2, 0.25) is 0 Å². The van der Waals surface area contributed by atoms with Gasteiger partial charge < -0.3 is 14.5 Å². The van der Waals surface area contributed by atoms with Crippen molar-refractivity contribution in [1.82, 2.24) is 9.38 Å². The molecule has 34 heavy (non-hydrogen) atoms. The first kappa shape index (κ1) is 21.5. The molecule has 0 aliphatic rings. The number of aryl methyl sites for hydroxylation is 1. The third kappa shape index (κ3) is 4.84. The van der Waals surface area contributed by atoms with E-state index < -0.39 is 0 Å². The van der Waals surface area contributed by atoms with Gasteiger partial charge >= 0.3 is 0 Å². The van der Waals surface area contributed by atoms with E-state index in [1.165, 1.54) is 5.56 Å². The highest BCUT2D eigenvalue weighted by molar-refractivity contribution is 6.04. The number of anilines is 1. The molecule has 2 aromatic heterocycles. The molecule has 0 aliphatic heterocycles. The second-order valence-corrected chi connectivity index (χ2v) is 8.24. The maximum absolute atomic E-state index is 13.0. The smallest absolute Gasteiger partial charge is 0.255 e. The fourth-order valence-electron chi connectivity index (χ4n) is 3.96. The number of imidazole rings is 1. The number of carbonyl (C=O) groups excluding carboxylic acids is 1. The molecule has 0 atom stereocenters. The van der Waals surface area contributed by atoms with Crippen molar-refractivity contribution in [3.63, 3.8) is 0 Å². The number of para-hydroxylation sites is 1. The Morgan fingerprint density at radius 1 is 0.941 bits per heavy atom. The van der Waals surface area contributed by atoms with E-state index in [9.17, 15) is 4.79 Å². The van der Waals surface area contributed by atoms with Gasteiger partial charge in [0.15, 0.2) is 0 Å². The van der Waals surface area contributed by atoms with Gasteiger partial charge in [-0.05, 0) is 60.4 Å². The molecule has 1 N–H and O–H groups in total. The number of carbonyl (C=O) groups is 1. The highest BCUT2D eigenvalue weighted by Crippen LogP contribution is 2.22. The molecule has 0 radical (unpaired) electrons. The minimum atomic E-state index is -0.172. The molecule has 168 valence electrons. The monoisotopic (exact) mass is 447 g/mol. The van der Waals surface area contributed by atoms with Crippen LogP contribution in [0, 0.1) is 6.92 Å². The second-order valence-electron chi connectivity index (χ2n) is 8.24. The molecule has 0 saturated heterocycles. The fourth-order valence-corrected chi connectivity index (χ4v) is 3.96. The quantitative estimate of drug-likeness (QED) is 0.330. The molecule has 0 spiro atoms. The van der Waals surface area contributed by atoms with Crippen LogP contribution < -0.4 is 10.1 Å². The summed E-state index contributed by atoms with van der Waals surface area (Å²) in [5.74, 6) is 0.452. The first-order chi connectivity index (χ1) is 16.7. The SMILES string of the molecule is Cc1cccn2cc(COc3cccc(C(=O)Nc4ccccc4Cc4ccccc4)c3)nc12. The number of pyridine rings is 1. The van der Waals surface area contributed by atoms with Crippen LogP contribution in [0.4, 0.5) is 5.69 Å². The van der Waals surface area contributed by atoms with Crippen LogP contribution in [0.5, 0.6) is 5.75 Å². The predicted molar refractivity (Wildman–Crippen MR) is 134 cm³/mol. The highest BCUT2D eigenvalue weighted by Gasteiger charge is 2.11. The molecule has 5 nitrogen and oxygen atoms in total. The number of hydrogen-bond acceptors (Lipinski definition) is 3. The molecule has 0 unspecified atom stereocenters. The number of fused-ring (bicyclic) bond motifs is 1. The van der Waals surface area contributed by atoms with E-state index in [1.807, 2.05) is 90.4 Å². The zero-order chi connectivity index (χ0) is 23.3. The van der Waals surface area contributed by atoms with E-state index in [0.717, 1.165) is 34.6 Å². The maximum Gasteiger partial charge on any atom is 0.255 e. The van der Waals surface area contributed by atoms with Gasteiger partial charge in [-0.15, -0.1) is 0 Å². The van der Waals surface area contributed by atoms with Crippen LogP contribution in [0.1, 0.15) is 32.7 Å². The fraction of sp³-hybridized carbons (Fsp3) is 0.103. The van der Waals surface area contributed by atoms with E-state index in [-0.39, 0.29) is 5.91 Å². The molecule has 0 saturated carbocycles. The molecular formula is C29H25N3O2. The summed E-state index contributed by atoms with van der Waals surface area (Å²) in [6, 6.07) is 29.4. The minimum Gasteiger partial charge on any atom is -0.487 e. The number of benzene rings is 3. The van der Waals surface area contributed by atoms with Gasteiger partial charge in [-0.3, -0.25) is 4.79 Å². The van der Waals surface area contributed by atoms with Crippen molar-refractivity contribution in [2.45, 2.75) is 20.0 Å². The normalized spacial score (nSPS) is 10.9. The van der Waals surface area contributed by atoms with Crippen LogP contribution in [0.15, 0.2) is 103 Å². The molecule has 0 aliphatic carbocycles. The highest BCUT2D eigenvalue weighted by atomic mass is 16.5. The predicted octanol–water partition coefficient (Wildman–Crippen LogP) is 6.06. The Hall–Kier alpha value is -4.38. The van der Waals surface area contributed by atoms with Crippen molar-refractivity contribution < 1.29 is 9.53 Å². The number of aromatic nitrogens is 2. The van der Waals surface area contributed by atoms with Crippen LogP contribution in [-0.4, -0.2) is 15.3 Å². The van der Waals surface area contributed by atoms with Gasteiger partial charge in [-0.25, -0.2) is 4.98 Å². The third-order valence-electron chi connectivity index (χ3n) is 5.71. The largest absolute Gasteiger partial charge is 0.487 e. The molecule has 3 aromatic carbocycles. The first-order valence-corrected chi connectivity index (χ1v) is 11.2. The van der Waals surface area contributed by atoms with Gasteiger partial charge in [0.1, 0.15) is 18.0 Å². The molecule has 1 amide bonds. The summed E-state index contributed by atoms with van der Waals surface area (Å²) in [5.41, 5.74) is 6.47. The van der Waals surface area contributed by atoms with E-state index in [0.29, 0.717) is 17.9 Å². The zero-order valence-electron chi connectivity index (χ0n) is 18.9. The van der Waals surface area contributed by atoms with Gasteiger partial charge in [0.25, 0.3) is 5.91 Å². The average molecular weight is 448 g/mol. The van der Waals surface area contributed by atoms with Gasteiger partial charge in [-0.2, -0.15) is 0 Å². The number of nitrogens with zero attached hydrogens (tertiary/aromatic N) is 2. The Balaban J connectivity index is 1.28. The Morgan fingerprint density at radius 3 is 2.62 bits per heavy atom. The van der Waals surface area contributed by atoms with Gasteiger partial charge in [0.05, 0.1) is 5.69 Å².